The number of ketones is 2. The average molecular weight is 950 g/mol. The fourth-order valence-electron chi connectivity index (χ4n) is 6.89. The van der Waals surface area contributed by atoms with Crippen LogP contribution in [0.1, 0.15) is 171 Å². The molecule has 5 atom stereocenters. The summed E-state index contributed by atoms with van der Waals surface area (Å²) in [6.07, 6.45) is 21.9. The van der Waals surface area contributed by atoms with Gasteiger partial charge in [-0.25, -0.2) is 0 Å². The number of allylic oxidation sites excluding steroid dienone is 1. The molecule has 1 saturated carbocycles. The molecule has 3 unspecified atom stereocenters. The minimum Gasteiger partial charge on any atom is -0.469 e. The van der Waals surface area contributed by atoms with Crippen molar-refractivity contribution in [2.45, 2.75) is 245 Å². The Morgan fingerprint density at radius 3 is 1.71 bits per heavy atom. The smallest absolute Gasteiger partial charge is 0.305 e. The van der Waals surface area contributed by atoms with Gasteiger partial charge in [0.05, 0.1) is 25.4 Å². The Kier molecular flexibility index (Phi) is 25.9. The summed E-state index contributed by atoms with van der Waals surface area (Å²) < 4.78 is 25.0. The van der Waals surface area contributed by atoms with Crippen molar-refractivity contribution in [3.8, 4) is 0 Å². The minimum absolute atomic E-state index is 0.0126. The topological polar surface area (TPSA) is 88.1 Å². The van der Waals surface area contributed by atoms with Crippen LogP contribution in [0.2, 0.25) is 54.4 Å². The maximum atomic E-state index is 13.4. The number of esters is 1. The highest BCUT2D eigenvalue weighted by Crippen LogP contribution is 2.44. The lowest BCUT2D eigenvalue weighted by molar-refractivity contribution is -0.140. The number of carbonyl (C=O) groups is 3. The van der Waals surface area contributed by atoms with E-state index in [1.165, 1.54) is 31.2 Å². The van der Waals surface area contributed by atoms with Gasteiger partial charge in [-0.1, -0.05) is 145 Å². The molecule has 1 aliphatic carbocycles. The molecule has 364 valence electrons. The molecule has 0 aromatic carbocycles. The number of carbonyl (C=O) groups excluding carboxylic acids is 3. The molecule has 0 aliphatic heterocycles. The van der Waals surface area contributed by atoms with Crippen molar-refractivity contribution in [2.24, 2.45) is 11.8 Å². The second kappa shape index (κ2) is 27.4. The van der Waals surface area contributed by atoms with Gasteiger partial charge in [0.15, 0.2) is 25.0 Å². The van der Waals surface area contributed by atoms with E-state index in [9.17, 15) is 14.4 Å². The third-order valence-corrected chi connectivity index (χ3v) is 28.6. The van der Waals surface area contributed by atoms with E-state index in [-0.39, 0.29) is 69.2 Å². The van der Waals surface area contributed by atoms with Crippen LogP contribution in [0.3, 0.4) is 0 Å². The Labute approximate surface area is 395 Å². The molecule has 0 amide bonds. The zero-order chi connectivity index (χ0) is 48.3. The van der Waals surface area contributed by atoms with Crippen LogP contribution < -0.4 is 0 Å². The summed E-state index contributed by atoms with van der Waals surface area (Å²) in [5, 5.41) is 2.54. The standard InChI is InChI=1S/C33H62O6Si2.C19H34OSSi/c1-13-14-15-19-26(38-40(9,10)32(2,3)4)21-22-27-28(23-25(34)18-16-17-20-31(36)37-8)29(35)24-30(27)39-41(11,12)33(5,6)7;1-7-8-9-12-17(20-22(5,6)19(2,3)4)13-10-14-18-15-11-16-21-18/h21-22,26-28,30H,13-20,23-24H2,1-12H3;10-11,13,15-17H,7-9,12,14H2,1-6H3/b22-21+;13-10+/t26?,27-,28-,30?;/m1./s1. The van der Waals surface area contributed by atoms with Gasteiger partial charge in [-0.2, -0.15) is 0 Å². The predicted octanol–water partition coefficient (Wildman–Crippen LogP) is 15.6. The first-order valence-electron chi connectivity index (χ1n) is 24.5. The fourth-order valence-corrected chi connectivity index (χ4v) is 11.5. The van der Waals surface area contributed by atoms with Crippen LogP contribution in [0.4, 0.5) is 0 Å². The molecule has 0 spiro atoms. The van der Waals surface area contributed by atoms with Crippen LogP contribution in [0, 0.1) is 11.8 Å². The molecule has 7 nitrogen and oxygen atoms in total. The molecular weight excluding hydrogens is 853 g/mol. The van der Waals surface area contributed by atoms with Gasteiger partial charge >= 0.3 is 5.97 Å². The Bertz CT molecular complexity index is 1530. The molecule has 0 saturated heterocycles. The van der Waals surface area contributed by atoms with Gasteiger partial charge < -0.3 is 18.0 Å². The Hall–Kier alpha value is -1.48. The molecule has 2 rings (SSSR count). The van der Waals surface area contributed by atoms with Crippen molar-refractivity contribution in [1.29, 1.82) is 0 Å². The van der Waals surface area contributed by atoms with E-state index in [0.29, 0.717) is 32.1 Å². The van der Waals surface area contributed by atoms with Crippen molar-refractivity contribution in [3.63, 3.8) is 0 Å². The molecule has 1 aromatic heterocycles. The number of rotatable bonds is 26. The number of hydrogen-bond acceptors (Lipinski definition) is 8. The van der Waals surface area contributed by atoms with Gasteiger partial charge in [0.25, 0.3) is 0 Å². The third-order valence-electron chi connectivity index (χ3n) is 14.2. The molecule has 11 heteroatoms. The Morgan fingerprint density at radius 1 is 0.746 bits per heavy atom. The second-order valence-corrected chi connectivity index (χ2v) is 38.0. The summed E-state index contributed by atoms with van der Waals surface area (Å²) >= 11 is 1.83. The number of Topliss-reactive ketones (excluding diaryl/α,β-unsaturated/α-hetero) is 2. The van der Waals surface area contributed by atoms with E-state index < -0.39 is 25.0 Å². The summed E-state index contributed by atoms with van der Waals surface area (Å²) in [6, 6.07) is 4.33. The number of ether oxygens (including phenoxy) is 1. The quantitative estimate of drug-likeness (QED) is 0.0396. The normalized spacial score (nSPS) is 19.1. The lowest BCUT2D eigenvalue weighted by atomic mass is 9.88. The molecule has 1 aromatic rings. The van der Waals surface area contributed by atoms with Crippen molar-refractivity contribution in [1.82, 2.24) is 0 Å². The molecule has 0 radical (unpaired) electrons. The van der Waals surface area contributed by atoms with Crippen molar-refractivity contribution >= 4 is 53.8 Å². The average Bonchev–Trinajstić information content (AvgIpc) is 3.77. The van der Waals surface area contributed by atoms with Gasteiger partial charge in [-0.15, -0.1) is 11.3 Å². The highest BCUT2D eigenvalue weighted by atomic mass is 32.1. The first-order chi connectivity index (χ1) is 29.0. The third kappa shape index (κ3) is 21.8. The first kappa shape index (κ1) is 59.5. The summed E-state index contributed by atoms with van der Waals surface area (Å²) in [6.45, 7) is 38.6. The second-order valence-electron chi connectivity index (χ2n) is 22.7. The van der Waals surface area contributed by atoms with Crippen LogP contribution in [-0.4, -0.2) is 67.9 Å². The van der Waals surface area contributed by atoms with Gasteiger partial charge in [0.1, 0.15) is 11.6 Å². The minimum atomic E-state index is -2.14. The van der Waals surface area contributed by atoms with Crippen molar-refractivity contribution < 1.29 is 32.4 Å². The van der Waals surface area contributed by atoms with E-state index in [4.69, 9.17) is 18.0 Å². The molecule has 1 heterocycles. The Balaban J connectivity index is 0.000000756. The van der Waals surface area contributed by atoms with E-state index in [1.54, 1.807) is 0 Å². The molecule has 63 heavy (non-hydrogen) atoms. The van der Waals surface area contributed by atoms with Crippen LogP contribution in [0.15, 0.2) is 41.8 Å². The van der Waals surface area contributed by atoms with Crippen LogP contribution in [-0.2, 0) is 38.8 Å². The maximum Gasteiger partial charge on any atom is 0.305 e. The first-order valence-corrected chi connectivity index (χ1v) is 34.1. The van der Waals surface area contributed by atoms with Crippen LogP contribution in [0.5, 0.6) is 0 Å². The molecular formula is C52H96O7SSi3. The number of unbranched alkanes of at least 4 members (excludes halogenated alkanes) is 5. The van der Waals surface area contributed by atoms with Gasteiger partial charge in [-0.05, 0) is 97.9 Å². The maximum absolute atomic E-state index is 13.4. The lowest BCUT2D eigenvalue weighted by Gasteiger charge is -2.40. The van der Waals surface area contributed by atoms with Gasteiger partial charge in [0.2, 0.25) is 0 Å². The van der Waals surface area contributed by atoms with Gasteiger partial charge in [-0.3, -0.25) is 14.4 Å². The van der Waals surface area contributed by atoms with E-state index >= 15 is 0 Å². The number of methoxy groups -OCH3 is 1. The van der Waals surface area contributed by atoms with E-state index in [2.05, 4.69) is 157 Å². The van der Waals surface area contributed by atoms with Crippen LogP contribution in [0.25, 0.3) is 0 Å². The highest BCUT2D eigenvalue weighted by molar-refractivity contribution is 7.09. The van der Waals surface area contributed by atoms with Crippen molar-refractivity contribution in [2.75, 3.05) is 7.11 Å². The van der Waals surface area contributed by atoms with E-state index in [0.717, 1.165) is 38.5 Å². The van der Waals surface area contributed by atoms with Gasteiger partial charge in [0, 0.05) is 42.4 Å². The zero-order valence-corrected chi connectivity index (χ0v) is 47.6. The summed E-state index contributed by atoms with van der Waals surface area (Å²) in [7, 11) is -4.45. The molecule has 0 N–H and O–H groups in total. The molecule has 1 aliphatic rings. The lowest BCUT2D eigenvalue weighted by Crippen LogP contribution is -2.45. The van der Waals surface area contributed by atoms with Crippen molar-refractivity contribution in [3.05, 3.63) is 46.7 Å². The molecule has 1 fully saturated rings. The summed E-state index contributed by atoms with van der Waals surface area (Å²) in [5.74, 6) is -0.575. The summed E-state index contributed by atoms with van der Waals surface area (Å²) in [4.78, 5) is 39.3. The molecule has 0 bridgehead atoms. The number of thiophene rings is 1. The largest absolute Gasteiger partial charge is 0.469 e. The number of hydrogen-bond donors (Lipinski definition) is 0. The Morgan fingerprint density at radius 2 is 1.25 bits per heavy atom. The van der Waals surface area contributed by atoms with E-state index in [1.807, 2.05) is 11.3 Å². The monoisotopic (exact) mass is 949 g/mol. The predicted molar refractivity (Wildman–Crippen MR) is 278 cm³/mol. The SMILES string of the molecule is CCCCCC(/C=C/Cc1cccs1)O[Si](C)(C)C(C)(C)C.CCCCCC(/C=C/[C@H]1C(O[Si](C)(C)C(C)(C)C)CC(=O)[C@@H]1CC(=O)CCCCC(=O)OC)O[Si](C)(C)C(C)(C)C. The fraction of sp³-hybridized carbons (Fsp3) is 0.788. The zero-order valence-electron chi connectivity index (χ0n) is 43.8. The summed E-state index contributed by atoms with van der Waals surface area (Å²) in [5.41, 5.74) is 0. The van der Waals surface area contributed by atoms with Crippen LogP contribution >= 0.6 is 11.3 Å². The highest BCUT2D eigenvalue weighted by Gasteiger charge is 2.48.